The smallest absolute Gasteiger partial charge is 0.167 e. The van der Waals surface area contributed by atoms with Crippen molar-refractivity contribution in [2.75, 3.05) is 13.2 Å². The molecule has 3 rings (SSSR count). The molecule has 2 unspecified atom stereocenters. The topological polar surface area (TPSA) is 18.5 Å². The summed E-state index contributed by atoms with van der Waals surface area (Å²) in [7, 11) is 0. The van der Waals surface area contributed by atoms with Crippen LogP contribution in [0.5, 0.6) is 0 Å². The Bertz CT molecular complexity index is 799. The third kappa shape index (κ3) is 4.58. The zero-order valence-corrected chi connectivity index (χ0v) is 16.4. The molecule has 0 aliphatic carbocycles. The van der Waals surface area contributed by atoms with E-state index in [1.807, 2.05) is 6.92 Å². The Balaban J connectivity index is 1.81. The molecule has 2 atom stereocenters. The number of unbranched alkanes of at least 4 members (excludes halogenated alkanes) is 1. The first kappa shape index (κ1) is 20.9. The Hall–Kier alpha value is -1.85. The van der Waals surface area contributed by atoms with Gasteiger partial charge in [0, 0.05) is 23.7 Å². The summed E-state index contributed by atoms with van der Waals surface area (Å²) in [5.41, 5.74) is 1.17. The summed E-state index contributed by atoms with van der Waals surface area (Å²) < 4.78 is 55.1. The van der Waals surface area contributed by atoms with Crippen molar-refractivity contribution in [3.05, 3.63) is 58.9 Å². The maximum Gasteiger partial charge on any atom is 0.167 e. The van der Waals surface area contributed by atoms with E-state index in [-0.39, 0.29) is 35.5 Å². The fourth-order valence-corrected chi connectivity index (χ4v) is 3.69. The molecule has 2 aromatic rings. The average Bonchev–Trinajstić information content (AvgIpc) is 2.70. The highest BCUT2D eigenvalue weighted by atomic mass is 19.2. The van der Waals surface area contributed by atoms with Gasteiger partial charge in [0.25, 0.3) is 0 Å². The Morgan fingerprint density at radius 1 is 1.00 bits per heavy atom. The molecule has 152 valence electrons. The van der Waals surface area contributed by atoms with Crippen molar-refractivity contribution in [1.29, 1.82) is 0 Å². The molecule has 1 aliphatic heterocycles. The van der Waals surface area contributed by atoms with Crippen LogP contribution < -0.4 is 0 Å². The zero-order valence-electron chi connectivity index (χ0n) is 16.4. The van der Waals surface area contributed by atoms with Crippen LogP contribution in [0, 0.1) is 17.5 Å². The molecule has 0 saturated carbocycles. The fraction of sp³-hybridized carbons (Fsp3) is 0.478. The van der Waals surface area contributed by atoms with Crippen molar-refractivity contribution in [1.82, 2.24) is 0 Å². The number of rotatable bonds is 7. The van der Waals surface area contributed by atoms with Crippen molar-refractivity contribution in [3.63, 3.8) is 0 Å². The van der Waals surface area contributed by atoms with Crippen molar-refractivity contribution in [2.45, 2.75) is 58.2 Å². The molecule has 2 aromatic carbocycles. The third-order valence-corrected chi connectivity index (χ3v) is 5.28. The van der Waals surface area contributed by atoms with Crippen LogP contribution in [0.15, 0.2) is 30.3 Å². The number of hydrogen-bond donors (Lipinski definition) is 0. The van der Waals surface area contributed by atoms with E-state index in [9.17, 15) is 13.2 Å². The minimum Gasteiger partial charge on any atom is -0.353 e. The van der Waals surface area contributed by atoms with Gasteiger partial charge in [0.05, 0.1) is 6.61 Å². The van der Waals surface area contributed by atoms with Gasteiger partial charge in [-0.2, -0.15) is 0 Å². The van der Waals surface area contributed by atoms with Gasteiger partial charge in [-0.1, -0.05) is 37.6 Å². The van der Waals surface area contributed by atoms with E-state index in [4.69, 9.17) is 9.47 Å². The largest absolute Gasteiger partial charge is 0.353 e. The molecule has 2 nitrogen and oxygen atoms in total. The van der Waals surface area contributed by atoms with E-state index < -0.39 is 17.5 Å². The van der Waals surface area contributed by atoms with Gasteiger partial charge >= 0.3 is 0 Å². The molecule has 0 bridgehead atoms. The summed E-state index contributed by atoms with van der Waals surface area (Å²) in [6.07, 6.45) is 3.75. The number of halogens is 3. The van der Waals surface area contributed by atoms with Crippen LogP contribution in [0.25, 0.3) is 11.1 Å². The van der Waals surface area contributed by atoms with Gasteiger partial charge in [-0.05, 0) is 49.8 Å². The van der Waals surface area contributed by atoms with Crippen LogP contribution in [-0.4, -0.2) is 19.5 Å². The van der Waals surface area contributed by atoms with Crippen LogP contribution in [0.4, 0.5) is 13.2 Å². The molecular formula is C23H27F3O2. The molecule has 0 spiro atoms. The first-order valence-electron chi connectivity index (χ1n) is 10.0. The van der Waals surface area contributed by atoms with E-state index in [2.05, 4.69) is 6.92 Å². The summed E-state index contributed by atoms with van der Waals surface area (Å²) in [6, 6.07) is 7.75. The SMILES string of the molecule is CCCCc1ccc(-c2ccc(C3CCC(OCC)OC3)c(F)c2F)c(F)c1. The van der Waals surface area contributed by atoms with Gasteiger partial charge in [0.1, 0.15) is 5.82 Å². The first-order chi connectivity index (χ1) is 13.5. The summed E-state index contributed by atoms with van der Waals surface area (Å²) in [4.78, 5) is 0. The van der Waals surface area contributed by atoms with E-state index >= 15 is 0 Å². The first-order valence-corrected chi connectivity index (χ1v) is 10.0. The number of ether oxygens (including phenoxy) is 2. The highest BCUT2D eigenvalue weighted by molar-refractivity contribution is 5.66. The maximum atomic E-state index is 14.8. The molecule has 0 amide bonds. The second kappa shape index (κ2) is 9.57. The van der Waals surface area contributed by atoms with Crippen molar-refractivity contribution >= 4 is 0 Å². The van der Waals surface area contributed by atoms with Crippen LogP contribution in [0.3, 0.4) is 0 Å². The number of benzene rings is 2. The summed E-state index contributed by atoms with van der Waals surface area (Å²) in [6.45, 7) is 4.79. The zero-order chi connectivity index (χ0) is 20.1. The lowest BCUT2D eigenvalue weighted by Gasteiger charge is -2.29. The number of hydrogen-bond acceptors (Lipinski definition) is 2. The highest BCUT2D eigenvalue weighted by Gasteiger charge is 2.27. The molecular weight excluding hydrogens is 365 g/mol. The van der Waals surface area contributed by atoms with E-state index in [1.54, 1.807) is 12.1 Å². The molecule has 1 aliphatic rings. The van der Waals surface area contributed by atoms with Crippen LogP contribution in [-0.2, 0) is 15.9 Å². The van der Waals surface area contributed by atoms with Crippen LogP contribution in [0.1, 0.15) is 56.6 Å². The summed E-state index contributed by atoms with van der Waals surface area (Å²) >= 11 is 0. The number of aryl methyl sites for hydroxylation is 1. The van der Waals surface area contributed by atoms with E-state index in [0.717, 1.165) is 24.8 Å². The highest BCUT2D eigenvalue weighted by Crippen LogP contribution is 2.35. The van der Waals surface area contributed by atoms with E-state index in [1.165, 1.54) is 18.2 Å². The molecule has 1 saturated heterocycles. The molecule has 1 fully saturated rings. The van der Waals surface area contributed by atoms with E-state index in [0.29, 0.717) is 19.4 Å². The summed E-state index contributed by atoms with van der Waals surface area (Å²) in [5, 5.41) is 0. The predicted molar refractivity (Wildman–Crippen MR) is 104 cm³/mol. The van der Waals surface area contributed by atoms with Gasteiger partial charge in [-0.3, -0.25) is 0 Å². The van der Waals surface area contributed by atoms with Gasteiger partial charge in [-0.25, -0.2) is 13.2 Å². The van der Waals surface area contributed by atoms with Crippen molar-refractivity contribution in [2.24, 2.45) is 0 Å². The molecule has 0 aromatic heterocycles. The van der Waals surface area contributed by atoms with Crippen molar-refractivity contribution in [3.8, 4) is 11.1 Å². The minimum atomic E-state index is -1.01. The molecule has 0 N–H and O–H groups in total. The Kier molecular flexibility index (Phi) is 7.13. The second-order valence-corrected chi connectivity index (χ2v) is 7.24. The minimum absolute atomic E-state index is 0.0512. The lowest BCUT2D eigenvalue weighted by atomic mass is 9.90. The van der Waals surface area contributed by atoms with Crippen molar-refractivity contribution < 1.29 is 22.6 Å². The van der Waals surface area contributed by atoms with Gasteiger partial charge in [-0.15, -0.1) is 0 Å². The van der Waals surface area contributed by atoms with Gasteiger partial charge in [0.15, 0.2) is 17.9 Å². The van der Waals surface area contributed by atoms with Gasteiger partial charge in [0.2, 0.25) is 0 Å². The maximum absolute atomic E-state index is 14.8. The Morgan fingerprint density at radius 2 is 1.79 bits per heavy atom. The van der Waals surface area contributed by atoms with Gasteiger partial charge < -0.3 is 9.47 Å². The molecule has 0 radical (unpaired) electrons. The average molecular weight is 392 g/mol. The van der Waals surface area contributed by atoms with Crippen LogP contribution in [0.2, 0.25) is 0 Å². The fourth-order valence-electron chi connectivity index (χ4n) is 3.69. The molecule has 1 heterocycles. The summed E-state index contributed by atoms with van der Waals surface area (Å²) in [5.74, 6) is -2.69. The monoisotopic (exact) mass is 392 g/mol. The molecule has 28 heavy (non-hydrogen) atoms. The predicted octanol–water partition coefficient (Wildman–Crippen LogP) is 6.37. The Morgan fingerprint density at radius 3 is 2.43 bits per heavy atom. The standard InChI is InChI=1S/C23H27F3O2/c1-3-5-6-15-7-9-18(20(24)13-15)19-11-10-17(22(25)23(19)26)16-8-12-21(27-4-2)28-14-16/h7,9-11,13,16,21H,3-6,8,12,14H2,1-2H3. The quantitative estimate of drug-likeness (QED) is 0.545. The lowest BCUT2D eigenvalue weighted by molar-refractivity contribution is -0.164. The third-order valence-electron chi connectivity index (χ3n) is 5.28. The second-order valence-electron chi connectivity index (χ2n) is 7.24. The lowest BCUT2D eigenvalue weighted by Crippen LogP contribution is -2.27. The molecule has 5 heteroatoms. The normalized spacial score (nSPS) is 19.8. The Labute approximate surface area is 164 Å². The van der Waals surface area contributed by atoms with Crippen LogP contribution >= 0.6 is 0 Å².